The number of ether oxygens (including phenoxy) is 1. The molecular formula is C24H24N2O5. The van der Waals surface area contributed by atoms with Crippen molar-refractivity contribution in [3.63, 3.8) is 0 Å². The third-order valence-corrected chi connectivity index (χ3v) is 4.91. The zero-order valence-electron chi connectivity index (χ0n) is 17.0. The Bertz CT molecular complexity index is 954. The van der Waals surface area contributed by atoms with Crippen LogP contribution in [0.15, 0.2) is 84.9 Å². The van der Waals surface area contributed by atoms with Gasteiger partial charge >= 0.3 is 5.97 Å². The number of rotatable bonds is 9. The van der Waals surface area contributed by atoms with E-state index in [0.29, 0.717) is 5.56 Å². The topological polar surface area (TPSA) is 102 Å². The summed E-state index contributed by atoms with van der Waals surface area (Å²) in [5.74, 6) is -0.606. The first kappa shape index (κ1) is 22.1. The summed E-state index contributed by atoms with van der Waals surface area (Å²) in [6.45, 7) is 1.85. The van der Waals surface area contributed by atoms with Gasteiger partial charge in [-0.15, -0.1) is 0 Å². The summed E-state index contributed by atoms with van der Waals surface area (Å²) in [5.41, 5.74) is 2.11. The molecule has 0 aliphatic rings. The molecule has 0 unspecified atom stereocenters. The van der Waals surface area contributed by atoms with Crippen molar-refractivity contribution in [2.75, 3.05) is 6.61 Å². The Morgan fingerprint density at radius 2 is 1.45 bits per heavy atom. The minimum atomic E-state index is -1.27. The number of aliphatic hydroxyl groups is 1. The van der Waals surface area contributed by atoms with Gasteiger partial charge in [-0.05, 0) is 35.7 Å². The highest BCUT2D eigenvalue weighted by Crippen LogP contribution is 2.27. The molecule has 2 atom stereocenters. The number of non-ortho nitro benzene ring substituents is 1. The van der Waals surface area contributed by atoms with Gasteiger partial charge in [0.1, 0.15) is 12.1 Å². The lowest BCUT2D eigenvalue weighted by Crippen LogP contribution is -2.45. The van der Waals surface area contributed by atoms with Gasteiger partial charge in [-0.25, -0.2) is 0 Å². The van der Waals surface area contributed by atoms with Gasteiger partial charge in [-0.3, -0.25) is 20.2 Å². The third kappa shape index (κ3) is 5.53. The van der Waals surface area contributed by atoms with Crippen LogP contribution >= 0.6 is 0 Å². The molecule has 0 aliphatic heterocycles. The Balaban J connectivity index is 1.96. The fourth-order valence-electron chi connectivity index (χ4n) is 3.36. The van der Waals surface area contributed by atoms with Gasteiger partial charge in [0.2, 0.25) is 0 Å². The maximum Gasteiger partial charge on any atom is 0.326 e. The number of esters is 1. The van der Waals surface area contributed by atoms with E-state index in [1.54, 1.807) is 6.92 Å². The van der Waals surface area contributed by atoms with Gasteiger partial charge in [0.05, 0.1) is 17.6 Å². The molecule has 3 aromatic rings. The molecule has 0 aromatic heterocycles. The Hall–Kier alpha value is -3.55. The molecule has 7 nitrogen and oxygen atoms in total. The van der Waals surface area contributed by atoms with Crippen molar-refractivity contribution < 1.29 is 19.6 Å². The monoisotopic (exact) mass is 420 g/mol. The Kier molecular flexibility index (Phi) is 7.48. The minimum absolute atomic E-state index is 0.0944. The van der Waals surface area contributed by atoms with Gasteiger partial charge in [0.25, 0.3) is 5.69 Å². The summed E-state index contributed by atoms with van der Waals surface area (Å²) in [4.78, 5) is 23.2. The zero-order valence-corrected chi connectivity index (χ0v) is 17.0. The standard InChI is InChI=1S/C24H24N2O5/c1-2-31-24(28)22(23(27)19-13-15-20(16-14-19)26(29)30)25-21(17-9-5-3-6-10-17)18-11-7-4-8-12-18/h3-16,21-23,25,27H,2H2,1H3/t22-,23-/m0/s1. The second-order valence-corrected chi connectivity index (χ2v) is 6.94. The maximum absolute atomic E-state index is 12.8. The van der Waals surface area contributed by atoms with Crippen LogP contribution in [0.1, 0.15) is 35.8 Å². The quantitative estimate of drug-likeness (QED) is 0.309. The number of hydrogen-bond acceptors (Lipinski definition) is 6. The molecule has 0 amide bonds. The first-order valence-electron chi connectivity index (χ1n) is 9.96. The first-order valence-corrected chi connectivity index (χ1v) is 9.96. The number of carbonyl (C=O) groups is 1. The highest BCUT2D eigenvalue weighted by atomic mass is 16.6. The Morgan fingerprint density at radius 3 is 1.90 bits per heavy atom. The van der Waals surface area contributed by atoms with Crippen LogP contribution < -0.4 is 5.32 Å². The molecule has 0 saturated carbocycles. The second kappa shape index (κ2) is 10.5. The molecule has 0 saturated heterocycles. The van der Waals surface area contributed by atoms with Crippen molar-refractivity contribution in [2.24, 2.45) is 0 Å². The van der Waals surface area contributed by atoms with E-state index in [4.69, 9.17) is 4.74 Å². The van der Waals surface area contributed by atoms with Gasteiger partial charge in [-0.1, -0.05) is 60.7 Å². The van der Waals surface area contributed by atoms with Crippen LogP contribution in [0, 0.1) is 10.1 Å². The molecule has 3 aromatic carbocycles. The van der Waals surface area contributed by atoms with Crippen LogP contribution in [0.3, 0.4) is 0 Å². The fraction of sp³-hybridized carbons (Fsp3) is 0.208. The Morgan fingerprint density at radius 1 is 0.935 bits per heavy atom. The smallest absolute Gasteiger partial charge is 0.326 e. The van der Waals surface area contributed by atoms with E-state index in [1.807, 2.05) is 60.7 Å². The lowest BCUT2D eigenvalue weighted by Gasteiger charge is -2.28. The van der Waals surface area contributed by atoms with Crippen molar-refractivity contribution in [1.82, 2.24) is 5.32 Å². The number of nitro groups is 1. The second-order valence-electron chi connectivity index (χ2n) is 6.94. The van der Waals surface area contributed by atoms with Gasteiger partial charge in [-0.2, -0.15) is 0 Å². The van der Waals surface area contributed by atoms with Gasteiger partial charge in [0, 0.05) is 12.1 Å². The average Bonchev–Trinajstić information content (AvgIpc) is 2.80. The summed E-state index contributed by atoms with van der Waals surface area (Å²) in [6.07, 6.45) is -1.27. The van der Waals surface area contributed by atoms with Crippen LogP contribution in [0.2, 0.25) is 0 Å². The van der Waals surface area contributed by atoms with E-state index >= 15 is 0 Å². The summed E-state index contributed by atoms with van der Waals surface area (Å²) in [7, 11) is 0. The third-order valence-electron chi connectivity index (χ3n) is 4.91. The number of benzene rings is 3. The van der Waals surface area contributed by atoms with E-state index in [9.17, 15) is 20.0 Å². The molecular weight excluding hydrogens is 396 g/mol. The summed E-state index contributed by atoms with van der Waals surface area (Å²) >= 11 is 0. The minimum Gasteiger partial charge on any atom is -0.465 e. The van der Waals surface area contributed by atoms with E-state index in [0.717, 1.165) is 11.1 Å². The van der Waals surface area contributed by atoms with E-state index in [-0.39, 0.29) is 18.3 Å². The molecule has 160 valence electrons. The molecule has 0 radical (unpaired) electrons. The lowest BCUT2D eigenvalue weighted by atomic mass is 9.95. The fourth-order valence-corrected chi connectivity index (χ4v) is 3.36. The number of nitrogens with one attached hydrogen (secondary N) is 1. The largest absolute Gasteiger partial charge is 0.465 e. The van der Waals surface area contributed by atoms with Crippen molar-refractivity contribution in [2.45, 2.75) is 25.1 Å². The summed E-state index contributed by atoms with van der Waals surface area (Å²) < 4.78 is 5.21. The van der Waals surface area contributed by atoms with Gasteiger partial charge in [0.15, 0.2) is 0 Å². The molecule has 3 rings (SSSR count). The Labute approximate surface area is 180 Å². The molecule has 0 bridgehead atoms. The molecule has 7 heteroatoms. The molecule has 0 fully saturated rings. The SMILES string of the molecule is CCOC(=O)[C@@H](NC(c1ccccc1)c1ccccc1)[C@@H](O)c1ccc([N+](=O)[O-])cc1. The lowest BCUT2D eigenvalue weighted by molar-refractivity contribution is -0.384. The molecule has 2 N–H and O–H groups in total. The highest BCUT2D eigenvalue weighted by molar-refractivity contribution is 5.77. The predicted octanol–water partition coefficient (Wildman–Crippen LogP) is 3.94. The van der Waals surface area contributed by atoms with E-state index in [2.05, 4.69) is 5.32 Å². The summed E-state index contributed by atoms with van der Waals surface area (Å²) in [5, 5.41) is 25.2. The predicted molar refractivity (Wildman–Crippen MR) is 116 cm³/mol. The van der Waals surface area contributed by atoms with E-state index < -0.39 is 23.0 Å². The number of aliphatic hydroxyl groups excluding tert-OH is 1. The van der Waals surface area contributed by atoms with Crippen LogP contribution in [0.25, 0.3) is 0 Å². The van der Waals surface area contributed by atoms with E-state index in [1.165, 1.54) is 24.3 Å². The van der Waals surface area contributed by atoms with Crippen LogP contribution in [0.5, 0.6) is 0 Å². The maximum atomic E-state index is 12.8. The van der Waals surface area contributed by atoms with Crippen LogP contribution in [0.4, 0.5) is 5.69 Å². The first-order chi connectivity index (χ1) is 15.0. The van der Waals surface area contributed by atoms with Crippen LogP contribution in [-0.4, -0.2) is 28.6 Å². The van der Waals surface area contributed by atoms with Crippen molar-refractivity contribution in [3.05, 3.63) is 112 Å². The summed E-state index contributed by atoms with van der Waals surface area (Å²) in [6, 6.07) is 23.2. The van der Waals surface area contributed by atoms with Crippen molar-refractivity contribution in [1.29, 1.82) is 0 Å². The molecule has 0 aliphatic carbocycles. The number of hydrogen-bond donors (Lipinski definition) is 2. The number of nitro benzene ring substituents is 1. The average molecular weight is 420 g/mol. The van der Waals surface area contributed by atoms with Crippen LogP contribution in [-0.2, 0) is 9.53 Å². The highest BCUT2D eigenvalue weighted by Gasteiger charge is 2.32. The normalized spacial score (nSPS) is 12.9. The molecule has 0 heterocycles. The zero-order chi connectivity index (χ0) is 22.2. The number of carbonyl (C=O) groups excluding carboxylic acids is 1. The number of nitrogens with zero attached hydrogens (tertiary/aromatic N) is 1. The van der Waals surface area contributed by atoms with Gasteiger partial charge < -0.3 is 9.84 Å². The van der Waals surface area contributed by atoms with Crippen molar-refractivity contribution >= 4 is 11.7 Å². The van der Waals surface area contributed by atoms with Crippen molar-refractivity contribution in [3.8, 4) is 0 Å². The molecule has 0 spiro atoms. The molecule has 31 heavy (non-hydrogen) atoms.